The van der Waals surface area contributed by atoms with Gasteiger partial charge in [-0.1, -0.05) is 30.3 Å². The minimum atomic E-state index is 0.857. The molecule has 2 nitrogen and oxygen atoms in total. The fourth-order valence-corrected chi connectivity index (χ4v) is 3.75. The lowest BCUT2D eigenvalue weighted by atomic mass is 10.1. The molecule has 1 aromatic carbocycles. The highest BCUT2D eigenvalue weighted by molar-refractivity contribution is 8.21. The van der Waals surface area contributed by atoms with Gasteiger partial charge in [0, 0.05) is 23.9 Å². The molecule has 1 aromatic rings. The van der Waals surface area contributed by atoms with Crippen molar-refractivity contribution in [3.63, 3.8) is 0 Å². The van der Waals surface area contributed by atoms with Crippen molar-refractivity contribution < 1.29 is 4.74 Å². The first-order valence-corrected chi connectivity index (χ1v) is 8.96. The number of ether oxygens (including phenoxy) is 1. The predicted molar refractivity (Wildman–Crippen MR) is 87.7 cm³/mol. The third-order valence-electron chi connectivity index (χ3n) is 3.22. The summed E-state index contributed by atoms with van der Waals surface area (Å²) in [5, 5.41) is 0. The molecule has 1 saturated heterocycles. The average Bonchev–Trinajstić information content (AvgIpc) is 2.49. The molecule has 0 radical (unpaired) electrons. The maximum Gasteiger partial charge on any atom is 0.0594 e. The van der Waals surface area contributed by atoms with Crippen molar-refractivity contribution in [2.45, 2.75) is 0 Å². The molecule has 0 amide bonds. The molecule has 104 valence electrons. The van der Waals surface area contributed by atoms with E-state index in [2.05, 4.69) is 47.7 Å². The van der Waals surface area contributed by atoms with Crippen LogP contribution in [0.1, 0.15) is 5.56 Å². The second-order valence-corrected chi connectivity index (χ2v) is 6.32. The van der Waals surface area contributed by atoms with Crippen molar-refractivity contribution >= 4 is 29.1 Å². The van der Waals surface area contributed by atoms with Crippen LogP contribution in [-0.2, 0) is 4.74 Å². The molecule has 0 atom stereocenters. The molecular weight excluding hydrogens is 274 g/mol. The molecule has 0 unspecified atom stereocenters. The number of morpholine rings is 1. The third-order valence-corrected chi connectivity index (χ3v) is 5.46. The van der Waals surface area contributed by atoms with E-state index in [1.165, 1.54) is 15.4 Å². The summed E-state index contributed by atoms with van der Waals surface area (Å²) in [6.07, 6.45) is 4.32. The molecule has 1 fully saturated rings. The molecule has 0 aliphatic carbocycles. The average molecular weight is 295 g/mol. The molecule has 0 saturated carbocycles. The van der Waals surface area contributed by atoms with Crippen LogP contribution in [0.4, 0.5) is 0 Å². The van der Waals surface area contributed by atoms with Gasteiger partial charge in [0.1, 0.15) is 0 Å². The van der Waals surface area contributed by atoms with Crippen LogP contribution in [0.5, 0.6) is 0 Å². The van der Waals surface area contributed by atoms with Crippen LogP contribution in [0.15, 0.2) is 34.6 Å². The van der Waals surface area contributed by atoms with Gasteiger partial charge in [-0.3, -0.25) is 4.90 Å². The number of hydrogen-bond donors (Lipinski definition) is 0. The summed E-state index contributed by atoms with van der Waals surface area (Å²) >= 11 is 3.69. The zero-order valence-electron chi connectivity index (χ0n) is 11.6. The van der Waals surface area contributed by atoms with Crippen LogP contribution in [0, 0.1) is 0 Å². The Labute approximate surface area is 124 Å². The molecule has 19 heavy (non-hydrogen) atoms. The number of rotatable bonds is 5. The van der Waals surface area contributed by atoms with Gasteiger partial charge >= 0.3 is 0 Å². The monoisotopic (exact) mass is 295 g/mol. The van der Waals surface area contributed by atoms with Gasteiger partial charge in [-0.25, -0.2) is 0 Å². The largest absolute Gasteiger partial charge is 0.379 e. The minimum Gasteiger partial charge on any atom is -0.379 e. The van der Waals surface area contributed by atoms with Gasteiger partial charge in [-0.2, -0.15) is 0 Å². The van der Waals surface area contributed by atoms with Gasteiger partial charge in [0.2, 0.25) is 0 Å². The lowest BCUT2D eigenvalue weighted by Crippen LogP contribution is -2.37. The van der Waals surface area contributed by atoms with Crippen molar-refractivity contribution in [1.29, 1.82) is 0 Å². The van der Waals surface area contributed by atoms with Crippen molar-refractivity contribution in [3.8, 4) is 0 Å². The van der Waals surface area contributed by atoms with Gasteiger partial charge in [0.15, 0.2) is 0 Å². The molecular formula is C15H21NOS2. The summed E-state index contributed by atoms with van der Waals surface area (Å²) in [7, 11) is 0. The number of benzene rings is 1. The summed E-state index contributed by atoms with van der Waals surface area (Å²) in [5.41, 5.74) is 2.79. The van der Waals surface area contributed by atoms with Crippen LogP contribution in [0.3, 0.4) is 0 Å². The number of hydrogen-bond acceptors (Lipinski definition) is 4. The van der Waals surface area contributed by atoms with E-state index < -0.39 is 0 Å². The maximum absolute atomic E-state index is 5.43. The van der Waals surface area contributed by atoms with Crippen molar-refractivity contribution in [2.75, 3.05) is 45.4 Å². The van der Waals surface area contributed by atoms with E-state index in [-0.39, 0.29) is 0 Å². The molecule has 1 heterocycles. The van der Waals surface area contributed by atoms with E-state index in [9.17, 15) is 0 Å². The van der Waals surface area contributed by atoms with Gasteiger partial charge in [-0.05, 0) is 23.6 Å². The van der Waals surface area contributed by atoms with Crippen molar-refractivity contribution in [1.82, 2.24) is 4.90 Å². The smallest absolute Gasteiger partial charge is 0.0594 e. The van der Waals surface area contributed by atoms with Crippen LogP contribution < -0.4 is 0 Å². The quantitative estimate of drug-likeness (QED) is 0.825. The summed E-state index contributed by atoms with van der Waals surface area (Å²) < 4.78 is 6.85. The first kappa shape index (κ1) is 15.0. The van der Waals surface area contributed by atoms with E-state index in [1.54, 1.807) is 0 Å². The highest BCUT2D eigenvalue weighted by Crippen LogP contribution is 2.33. The molecule has 4 heteroatoms. The molecule has 0 N–H and O–H groups in total. The van der Waals surface area contributed by atoms with Crippen LogP contribution in [-0.4, -0.2) is 50.3 Å². The molecule has 0 bridgehead atoms. The molecule has 0 spiro atoms. The molecule has 1 aliphatic heterocycles. The first-order valence-electron chi connectivity index (χ1n) is 6.52. The zero-order chi connectivity index (χ0) is 13.5. The lowest BCUT2D eigenvalue weighted by Gasteiger charge is -2.28. The molecule has 0 aromatic heterocycles. The van der Waals surface area contributed by atoms with Crippen LogP contribution in [0.25, 0.3) is 5.57 Å². The summed E-state index contributed by atoms with van der Waals surface area (Å²) in [5.74, 6) is 0. The minimum absolute atomic E-state index is 0.857. The standard InChI is InChI=1S/C15H21NOS2/c1-18-15(19-2)14(13-6-4-3-5-7-13)12-16-8-10-17-11-9-16/h3-7H,8-12H2,1-2H3. The van der Waals surface area contributed by atoms with E-state index in [1.807, 2.05) is 23.5 Å². The Morgan fingerprint density at radius 1 is 1.11 bits per heavy atom. The highest BCUT2D eigenvalue weighted by atomic mass is 32.2. The molecule has 1 aliphatic rings. The fraction of sp³-hybridized carbons (Fsp3) is 0.467. The first-order chi connectivity index (χ1) is 9.35. The predicted octanol–water partition coefficient (Wildman–Crippen LogP) is 3.41. The second-order valence-electron chi connectivity index (χ2n) is 4.43. The Bertz CT molecular complexity index is 407. The Morgan fingerprint density at radius 2 is 1.74 bits per heavy atom. The SMILES string of the molecule is CSC(SC)=C(CN1CCOCC1)c1ccccc1. The van der Waals surface area contributed by atoms with Gasteiger partial charge in [-0.15, -0.1) is 23.5 Å². The topological polar surface area (TPSA) is 12.5 Å². The maximum atomic E-state index is 5.43. The van der Waals surface area contributed by atoms with Gasteiger partial charge in [0.05, 0.1) is 13.2 Å². The van der Waals surface area contributed by atoms with Crippen molar-refractivity contribution in [2.24, 2.45) is 0 Å². The normalized spacial score (nSPS) is 16.3. The zero-order valence-corrected chi connectivity index (χ0v) is 13.2. The van der Waals surface area contributed by atoms with E-state index in [0.717, 1.165) is 32.8 Å². The summed E-state index contributed by atoms with van der Waals surface area (Å²) in [6.45, 7) is 4.80. The van der Waals surface area contributed by atoms with Gasteiger partial charge in [0.25, 0.3) is 0 Å². The van der Waals surface area contributed by atoms with E-state index >= 15 is 0 Å². The van der Waals surface area contributed by atoms with Crippen LogP contribution in [0.2, 0.25) is 0 Å². The highest BCUT2D eigenvalue weighted by Gasteiger charge is 2.15. The summed E-state index contributed by atoms with van der Waals surface area (Å²) in [4.78, 5) is 2.48. The summed E-state index contributed by atoms with van der Waals surface area (Å²) in [6, 6.07) is 10.7. The Morgan fingerprint density at radius 3 is 2.32 bits per heavy atom. The second kappa shape index (κ2) is 8.00. The van der Waals surface area contributed by atoms with E-state index in [0.29, 0.717) is 0 Å². The third kappa shape index (κ3) is 4.28. The van der Waals surface area contributed by atoms with E-state index in [4.69, 9.17) is 4.74 Å². The fourth-order valence-electron chi connectivity index (χ4n) is 2.23. The number of thioether (sulfide) groups is 2. The van der Waals surface area contributed by atoms with Crippen molar-refractivity contribution in [3.05, 3.63) is 40.1 Å². The Hall–Kier alpha value is -0.420. The number of nitrogens with zero attached hydrogens (tertiary/aromatic N) is 1. The van der Waals surface area contributed by atoms with Crippen LogP contribution >= 0.6 is 23.5 Å². The Balaban J connectivity index is 2.22. The lowest BCUT2D eigenvalue weighted by molar-refractivity contribution is 0.0444. The Kier molecular flexibility index (Phi) is 6.31. The van der Waals surface area contributed by atoms with Gasteiger partial charge < -0.3 is 4.74 Å². The molecule has 2 rings (SSSR count).